The summed E-state index contributed by atoms with van der Waals surface area (Å²) < 4.78 is 27.7. The molecule has 28 heavy (non-hydrogen) atoms. The van der Waals surface area contributed by atoms with E-state index >= 15 is 0 Å². The molecule has 7 nitrogen and oxygen atoms in total. The van der Waals surface area contributed by atoms with Crippen molar-refractivity contribution in [3.63, 3.8) is 0 Å². The predicted molar refractivity (Wildman–Crippen MR) is 110 cm³/mol. The van der Waals surface area contributed by atoms with Crippen LogP contribution in [-0.4, -0.2) is 36.3 Å². The number of sulfonamides is 1. The molecule has 8 heteroatoms. The Hall–Kier alpha value is -2.45. The Kier molecular flexibility index (Phi) is 6.79. The molecular weight excluding hydrogens is 378 g/mol. The molecular formula is C20H27N3O4S. The average molecular weight is 406 g/mol. The first-order valence-corrected chi connectivity index (χ1v) is 10.6. The summed E-state index contributed by atoms with van der Waals surface area (Å²) in [5, 5.41) is 2.83. The van der Waals surface area contributed by atoms with Crippen molar-refractivity contribution in [3.05, 3.63) is 57.5 Å². The Morgan fingerprint density at radius 3 is 2.18 bits per heavy atom. The largest absolute Gasteiger partial charge is 0.324 e. The summed E-state index contributed by atoms with van der Waals surface area (Å²) >= 11 is 0. The number of benzene rings is 1. The van der Waals surface area contributed by atoms with Crippen molar-refractivity contribution < 1.29 is 13.2 Å². The number of carbonyl (C=O) groups is 1. The molecule has 0 atom stereocenters. The highest BCUT2D eigenvalue weighted by atomic mass is 32.2. The Morgan fingerprint density at radius 1 is 1.07 bits per heavy atom. The maximum atomic E-state index is 12.7. The molecule has 0 aliphatic heterocycles. The summed E-state index contributed by atoms with van der Waals surface area (Å²) in [5.41, 5.74) is 3.22. The highest BCUT2D eigenvalue weighted by Crippen LogP contribution is 2.22. The van der Waals surface area contributed by atoms with Gasteiger partial charge in [0.05, 0.1) is 4.90 Å². The van der Waals surface area contributed by atoms with Crippen LogP contribution in [0.25, 0.3) is 0 Å². The van der Waals surface area contributed by atoms with E-state index in [2.05, 4.69) is 5.32 Å². The highest BCUT2D eigenvalue weighted by Gasteiger charge is 2.22. The lowest BCUT2D eigenvalue weighted by molar-refractivity contribution is -0.116. The summed E-state index contributed by atoms with van der Waals surface area (Å²) in [4.78, 5) is 24.6. The molecule has 0 fully saturated rings. The van der Waals surface area contributed by atoms with E-state index in [1.807, 2.05) is 32.9 Å². The van der Waals surface area contributed by atoms with Crippen LogP contribution in [0.1, 0.15) is 30.5 Å². The van der Waals surface area contributed by atoms with E-state index in [9.17, 15) is 18.0 Å². The zero-order valence-corrected chi connectivity index (χ0v) is 17.8. The van der Waals surface area contributed by atoms with Gasteiger partial charge in [-0.2, -0.15) is 4.31 Å². The Labute approximate surface area is 166 Å². The fourth-order valence-corrected chi connectivity index (χ4v) is 4.69. The zero-order valence-electron chi connectivity index (χ0n) is 16.9. The molecule has 1 amide bonds. The van der Waals surface area contributed by atoms with Gasteiger partial charge in [-0.1, -0.05) is 31.5 Å². The number of carbonyl (C=O) groups excluding carboxylic acids is 1. The predicted octanol–water partition coefficient (Wildman–Crippen LogP) is 2.44. The van der Waals surface area contributed by atoms with Crippen molar-refractivity contribution in [2.45, 2.75) is 46.1 Å². The van der Waals surface area contributed by atoms with Crippen LogP contribution in [0.5, 0.6) is 0 Å². The molecule has 0 aliphatic carbocycles. The maximum absolute atomic E-state index is 12.7. The number of anilines is 1. The highest BCUT2D eigenvalue weighted by molar-refractivity contribution is 7.89. The smallest absolute Gasteiger partial charge is 0.251 e. The first-order chi connectivity index (χ1) is 13.1. The number of pyridine rings is 1. The van der Waals surface area contributed by atoms with Crippen LogP contribution in [0.3, 0.4) is 0 Å². The van der Waals surface area contributed by atoms with Crippen molar-refractivity contribution in [2.24, 2.45) is 0 Å². The number of rotatable bonds is 7. The number of aryl methyl sites for hydroxylation is 3. The van der Waals surface area contributed by atoms with E-state index in [1.54, 1.807) is 13.8 Å². The maximum Gasteiger partial charge on any atom is 0.251 e. The van der Waals surface area contributed by atoms with Crippen molar-refractivity contribution in [3.8, 4) is 0 Å². The van der Waals surface area contributed by atoms with Gasteiger partial charge in [-0.05, 0) is 38.0 Å². The standard InChI is InChI=1S/C20H27N3O4S/c1-6-23(7-2)28(26,27)17-8-9-19(25)22(12-17)13-18(24)21-20-15(4)10-14(3)11-16(20)5/h8-12H,6-7,13H2,1-5H3,(H,21,24). The third-order valence-corrected chi connectivity index (χ3v) is 6.59. The fourth-order valence-electron chi connectivity index (χ4n) is 3.21. The number of hydrogen-bond donors (Lipinski definition) is 1. The van der Waals surface area contributed by atoms with Gasteiger partial charge in [0, 0.05) is 31.0 Å². The van der Waals surface area contributed by atoms with Crippen LogP contribution < -0.4 is 10.9 Å². The molecule has 0 unspecified atom stereocenters. The monoisotopic (exact) mass is 405 g/mol. The van der Waals surface area contributed by atoms with Crippen LogP contribution in [0.4, 0.5) is 5.69 Å². The van der Waals surface area contributed by atoms with Crippen LogP contribution in [0, 0.1) is 20.8 Å². The second-order valence-corrected chi connectivity index (χ2v) is 8.68. The summed E-state index contributed by atoms with van der Waals surface area (Å²) in [5.74, 6) is -0.394. The van der Waals surface area contributed by atoms with Crippen LogP contribution in [-0.2, 0) is 21.4 Å². The summed E-state index contributed by atoms with van der Waals surface area (Å²) in [7, 11) is -3.71. The Morgan fingerprint density at radius 2 is 1.64 bits per heavy atom. The van der Waals surface area contributed by atoms with Gasteiger partial charge in [0.25, 0.3) is 5.56 Å². The third kappa shape index (κ3) is 4.69. The second-order valence-electron chi connectivity index (χ2n) is 6.74. The van der Waals surface area contributed by atoms with Crippen molar-refractivity contribution >= 4 is 21.6 Å². The minimum absolute atomic E-state index is 0.00806. The summed E-state index contributed by atoms with van der Waals surface area (Å²) in [6, 6.07) is 6.38. The molecule has 2 aromatic rings. The summed E-state index contributed by atoms with van der Waals surface area (Å²) in [6.45, 7) is 9.65. The second kappa shape index (κ2) is 8.70. The molecule has 0 saturated carbocycles. The van der Waals surface area contributed by atoms with Gasteiger partial charge in [-0.15, -0.1) is 0 Å². The van der Waals surface area contributed by atoms with Crippen LogP contribution >= 0.6 is 0 Å². The number of nitrogens with one attached hydrogen (secondary N) is 1. The third-order valence-electron chi connectivity index (χ3n) is 4.55. The normalized spacial score (nSPS) is 11.6. The molecule has 1 N–H and O–H groups in total. The summed E-state index contributed by atoms with van der Waals surface area (Å²) in [6.07, 6.45) is 1.23. The number of aromatic nitrogens is 1. The van der Waals surface area contributed by atoms with Gasteiger partial charge >= 0.3 is 0 Å². The molecule has 152 valence electrons. The van der Waals surface area contributed by atoms with Gasteiger partial charge in [0.1, 0.15) is 6.54 Å². The molecule has 0 radical (unpaired) electrons. The molecule has 0 bridgehead atoms. The van der Waals surface area contributed by atoms with Crippen LogP contribution in [0.2, 0.25) is 0 Å². The minimum Gasteiger partial charge on any atom is -0.324 e. The van der Waals surface area contributed by atoms with Gasteiger partial charge in [0.2, 0.25) is 15.9 Å². The molecule has 1 heterocycles. The van der Waals surface area contributed by atoms with E-state index in [-0.39, 0.29) is 11.4 Å². The van der Waals surface area contributed by atoms with Gasteiger partial charge in [-0.3, -0.25) is 9.59 Å². The van der Waals surface area contributed by atoms with Gasteiger partial charge in [-0.25, -0.2) is 8.42 Å². The number of nitrogens with zero attached hydrogens (tertiary/aromatic N) is 2. The molecule has 2 rings (SSSR count). The molecule has 1 aromatic heterocycles. The zero-order chi connectivity index (χ0) is 21.1. The molecule has 0 aliphatic rings. The van der Waals surface area contributed by atoms with E-state index in [0.29, 0.717) is 18.8 Å². The Balaban J connectivity index is 2.30. The quantitative estimate of drug-likeness (QED) is 0.766. The van der Waals surface area contributed by atoms with Crippen LogP contribution in [0.15, 0.2) is 40.2 Å². The topological polar surface area (TPSA) is 88.5 Å². The lowest BCUT2D eigenvalue weighted by atomic mass is 10.1. The van der Waals surface area contributed by atoms with Crippen molar-refractivity contribution in [2.75, 3.05) is 18.4 Å². The van der Waals surface area contributed by atoms with Gasteiger partial charge in [0.15, 0.2) is 0 Å². The van der Waals surface area contributed by atoms with E-state index in [1.165, 1.54) is 22.6 Å². The SMILES string of the molecule is CCN(CC)S(=O)(=O)c1ccc(=O)n(CC(=O)Nc2c(C)cc(C)cc2C)c1. The fraction of sp³-hybridized carbons (Fsp3) is 0.400. The molecule has 1 aromatic carbocycles. The van der Waals surface area contributed by atoms with Crippen molar-refractivity contribution in [1.29, 1.82) is 0 Å². The number of hydrogen-bond acceptors (Lipinski definition) is 4. The lowest BCUT2D eigenvalue weighted by Gasteiger charge is -2.19. The van der Waals surface area contributed by atoms with E-state index < -0.39 is 21.5 Å². The van der Waals surface area contributed by atoms with E-state index in [4.69, 9.17) is 0 Å². The minimum atomic E-state index is -3.71. The number of amides is 1. The Bertz CT molecular complexity index is 1010. The first-order valence-electron chi connectivity index (χ1n) is 9.18. The van der Waals surface area contributed by atoms with Gasteiger partial charge < -0.3 is 9.88 Å². The van der Waals surface area contributed by atoms with Crippen molar-refractivity contribution in [1.82, 2.24) is 8.87 Å². The lowest BCUT2D eigenvalue weighted by Crippen LogP contribution is -2.33. The van der Waals surface area contributed by atoms with E-state index in [0.717, 1.165) is 21.3 Å². The first kappa shape index (κ1) is 21.8. The average Bonchev–Trinajstić information content (AvgIpc) is 2.60. The molecule has 0 spiro atoms. The molecule has 0 saturated heterocycles.